The van der Waals surface area contributed by atoms with Gasteiger partial charge in [-0.05, 0) is 31.2 Å². The largest absolute Gasteiger partial charge is 0.392 e. The van der Waals surface area contributed by atoms with E-state index in [9.17, 15) is 14.7 Å². The fraction of sp³-hybridized carbons (Fsp3) is 0.600. The third kappa shape index (κ3) is 5.43. The molecule has 7 heteroatoms. The highest BCUT2D eigenvalue weighted by Gasteiger charge is 2.32. The number of aliphatic hydroxyl groups is 1. The summed E-state index contributed by atoms with van der Waals surface area (Å²) in [6.45, 7) is 3.87. The maximum absolute atomic E-state index is 12.9. The summed E-state index contributed by atoms with van der Waals surface area (Å²) in [5.41, 5.74) is 1.07. The Bertz CT molecular complexity index is 620. The third-order valence-corrected chi connectivity index (χ3v) is 5.49. The van der Waals surface area contributed by atoms with Gasteiger partial charge in [-0.2, -0.15) is 0 Å². The van der Waals surface area contributed by atoms with E-state index in [1.165, 1.54) is 0 Å². The molecular weight excluding hydrogens is 366 g/mol. The molecule has 0 saturated carbocycles. The van der Waals surface area contributed by atoms with E-state index in [-0.39, 0.29) is 42.2 Å². The zero-order valence-electron chi connectivity index (χ0n) is 15.8. The minimum absolute atomic E-state index is 0. The highest BCUT2D eigenvalue weighted by molar-refractivity contribution is 5.85. The van der Waals surface area contributed by atoms with Crippen molar-refractivity contribution in [2.45, 2.75) is 56.7 Å². The van der Waals surface area contributed by atoms with E-state index in [1.54, 1.807) is 0 Å². The summed E-state index contributed by atoms with van der Waals surface area (Å²) < 4.78 is 0. The standard InChI is InChI=1S/C20H29N3O3.ClH/c1-2-17(14-6-4-3-5-7-14)20(26)23-10-8-15(9-11-23)22-19(25)18-12-16(24)13-21-18;/h3-7,15-18,21,24H,2,8-13H2,1H3,(H,22,25);1H. The van der Waals surface area contributed by atoms with Crippen molar-refractivity contribution in [2.75, 3.05) is 19.6 Å². The van der Waals surface area contributed by atoms with Crippen LogP contribution in [0, 0.1) is 0 Å². The average Bonchev–Trinajstić information content (AvgIpc) is 3.10. The number of β-amino-alcohol motifs (C(OH)–C–C–N with tert-alkyl or cyclic N) is 1. The van der Waals surface area contributed by atoms with Crippen molar-refractivity contribution in [3.8, 4) is 0 Å². The number of hydrogen-bond donors (Lipinski definition) is 3. The van der Waals surface area contributed by atoms with E-state index in [0.717, 1.165) is 24.8 Å². The number of amides is 2. The molecule has 3 atom stereocenters. The Kier molecular flexibility index (Phi) is 8.07. The molecule has 0 aromatic heterocycles. The zero-order valence-corrected chi connectivity index (χ0v) is 16.6. The van der Waals surface area contributed by atoms with Crippen molar-refractivity contribution in [3.63, 3.8) is 0 Å². The van der Waals surface area contributed by atoms with Crippen LogP contribution in [0.25, 0.3) is 0 Å². The third-order valence-electron chi connectivity index (χ3n) is 5.49. The molecule has 0 aliphatic carbocycles. The first-order valence-corrected chi connectivity index (χ1v) is 9.64. The summed E-state index contributed by atoms with van der Waals surface area (Å²) in [7, 11) is 0. The number of carbonyl (C=O) groups excluding carboxylic acids is 2. The zero-order chi connectivity index (χ0) is 18.5. The number of nitrogens with zero attached hydrogens (tertiary/aromatic N) is 1. The lowest BCUT2D eigenvalue weighted by Gasteiger charge is -2.35. The Labute approximate surface area is 167 Å². The molecule has 2 heterocycles. The van der Waals surface area contributed by atoms with E-state index < -0.39 is 6.10 Å². The normalized spacial score (nSPS) is 24.1. The second-order valence-corrected chi connectivity index (χ2v) is 7.33. The maximum atomic E-state index is 12.9. The number of piperidine rings is 1. The number of hydrogen-bond acceptors (Lipinski definition) is 4. The van der Waals surface area contributed by atoms with Crippen molar-refractivity contribution < 1.29 is 14.7 Å². The molecule has 2 aliphatic rings. The molecule has 2 fully saturated rings. The summed E-state index contributed by atoms with van der Waals surface area (Å²) in [6, 6.07) is 9.74. The second kappa shape index (κ2) is 10.1. The Morgan fingerprint density at radius 1 is 1.26 bits per heavy atom. The highest BCUT2D eigenvalue weighted by Crippen LogP contribution is 2.24. The van der Waals surface area contributed by atoms with E-state index in [0.29, 0.717) is 26.1 Å². The average molecular weight is 396 g/mol. The molecule has 3 rings (SSSR count). The second-order valence-electron chi connectivity index (χ2n) is 7.33. The van der Waals surface area contributed by atoms with Crippen LogP contribution in [0.4, 0.5) is 0 Å². The lowest BCUT2D eigenvalue weighted by molar-refractivity contribution is -0.134. The predicted molar refractivity (Wildman–Crippen MR) is 107 cm³/mol. The molecule has 6 nitrogen and oxygen atoms in total. The van der Waals surface area contributed by atoms with E-state index >= 15 is 0 Å². The molecule has 1 aromatic carbocycles. The molecule has 0 bridgehead atoms. The van der Waals surface area contributed by atoms with Crippen molar-refractivity contribution in [1.82, 2.24) is 15.5 Å². The van der Waals surface area contributed by atoms with Crippen LogP contribution in [0.1, 0.15) is 44.1 Å². The lowest BCUT2D eigenvalue weighted by Crippen LogP contribution is -2.51. The van der Waals surface area contributed by atoms with Crippen LogP contribution in [0.3, 0.4) is 0 Å². The number of carbonyl (C=O) groups is 2. The van der Waals surface area contributed by atoms with Crippen LogP contribution < -0.4 is 10.6 Å². The van der Waals surface area contributed by atoms with Gasteiger partial charge in [-0.25, -0.2) is 0 Å². The van der Waals surface area contributed by atoms with E-state index in [1.807, 2.05) is 42.2 Å². The molecule has 2 saturated heterocycles. The van der Waals surface area contributed by atoms with Gasteiger partial charge in [0.15, 0.2) is 0 Å². The summed E-state index contributed by atoms with van der Waals surface area (Å²) in [4.78, 5) is 27.1. The lowest BCUT2D eigenvalue weighted by atomic mass is 9.93. The molecular formula is C20H30ClN3O3. The van der Waals surface area contributed by atoms with Crippen LogP contribution >= 0.6 is 12.4 Å². The van der Waals surface area contributed by atoms with Gasteiger partial charge in [0.05, 0.1) is 18.1 Å². The fourth-order valence-electron chi connectivity index (χ4n) is 3.92. The molecule has 1 aromatic rings. The Morgan fingerprint density at radius 2 is 1.93 bits per heavy atom. The Morgan fingerprint density at radius 3 is 2.48 bits per heavy atom. The van der Waals surface area contributed by atoms with Crippen LogP contribution in [0.2, 0.25) is 0 Å². The van der Waals surface area contributed by atoms with Gasteiger partial charge in [-0.15, -0.1) is 12.4 Å². The molecule has 150 valence electrons. The van der Waals surface area contributed by atoms with Gasteiger partial charge >= 0.3 is 0 Å². The number of benzene rings is 1. The molecule has 2 amide bonds. The molecule has 0 spiro atoms. The SMILES string of the molecule is CCC(C(=O)N1CCC(NC(=O)C2CC(O)CN2)CC1)c1ccccc1.Cl. The topological polar surface area (TPSA) is 81.7 Å². The highest BCUT2D eigenvalue weighted by atomic mass is 35.5. The molecule has 27 heavy (non-hydrogen) atoms. The summed E-state index contributed by atoms with van der Waals surface area (Å²) in [6.07, 6.45) is 2.37. The van der Waals surface area contributed by atoms with Gasteiger partial charge < -0.3 is 20.6 Å². The van der Waals surface area contributed by atoms with Crippen molar-refractivity contribution in [2.24, 2.45) is 0 Å². The summed E-state index contributed by atoms with van der Waals surface area (Å²) in [5, 5.41) is 15.6. The number of halogens is 1. The van der Waals surface area contributed by atoms with Gasteiger partial charge in [-0.1, -0.05) is 37.3 Å². The van der Waals surface area contributed by atoms with Gasteiger partial charge in [-0.3, -0.25) is 9.59 Å². The van der Waals surface area contributed by atoms with Crippen LogP contribution in [0.15, 0.2) is 30.3 Å². The minimum atomic E-state index is -0.436. The van der Waals surface area contributed by atoms with Gasteiger partial charge in [0, 0.05) is 25.7 Å². The number of rotatable bonds is 5. The smallest absolute Gasteiger partial charge is 0.237 e. The van der Waals surface area contributed by atoms with Gasteiger partial charge in [0.1, 0.15) is 0 Å². The predicted octanol–water partition coefficient (Wildman–Crippen LogP) is 1.43. The number of aliphatic hydroxyl groups excluding tert-OH is 1. The summed E-state index contributed by atoms with van der Waals surface area (Å²) in [5.74, 6) is 0.0534. The quantitative estimate of drug-likeness (QED) is 0.704. The van der Waals surface area contributed by atoms with Gasteiger partial charge in [0.25, 0.3) is 0 Å². The van der Waals surface area contributed by atoms with Crippen LogP contribution in [0.5, 0.6) is 0 Å². The van der Waals surface area contributed by atoms with Crippen molar-refractivity contribution in [1.29, 1.82) is 0 Å². The number of nitrogens with one attached hydrogen (secondary N) is 2. The first kappa shape index (κ1) is 21.7. The molecule has 2 aliphatic heterocycles. The Balaban J connectivity index is 0.00000261. The first-order chi connectivity index (χ1) is 12.6. The van der Waals surface area contributed by atoms with E-state index in [2.05, 4.69) is 10.6 Å². The molecule has 3 N–H and O–H groups in total. The summed E-state index contributed by atoms with van der Waals surface area (Å²) >= 11 is 0. The number of likely N-dealkylation sites (tertiary alicyclic amines) is 1. The first-order valence-electron chi connectivity index (χ1n) is 9.64. The maximum Gasteiger partial charge on any atom is 0.237 e. The van der Waals surface area contributed by atoms with Crippen LogP contribution in [-0.4, -0.2) is 59.6 Å². The fourth-order valence-corrected chi connectivity index (χ4v) is 3.92. The van der Waals surface area contributed by atoms with Gasteiger partial charge in [0.2, 0.25) is 11.8 Å². The Hall–Kier alpha value is -1.63. The minimum Gasteiger partial charge on any atom is -0.392 e. The monoisotopic (exact) mass is 395 g/mol. The van der Waals surface area contributed by atoms with Crippen molar-refractivity contribution >= 4 is 24.2 Å². The molecule has 0 radical (unpaired) electrons. The molecule has 3 unspecified atom stereocenters. The van der Waals surface area contributed by atoms with Crippen LogP contribution in [-0.2, 0) is 9.59 Å². The van der Waals surface area contributed by atoms with E-state index in [4.69, 9.17) is 0 Å². The van der Waals surface area contributed by atoms with Crippen molar-refractivity contribution in [3.05, 3.63) is 35.9 Å².